The van der Waals surface area contributed by atoms with E-state index in [0.717, 1.165) is 0 Å². The molecule has 0 aliphatic heterocycles. The number of rotatable bonds is 4. The van der Waals surface area contributed by atoms with Gasteiger partial charge in [0.25, 0.3) is 0 Å². The number of para-hydroxylation sites is 1. The van der Waals surface area contributed by atoms with Gasteiger partial charge in [0, 0.05) is 8.54 Å². The lowest BCUT2D eigenvalue weighted by atomic mass is 10.3. The molecule has 0 fully saturated rings. The molecule has 1 N–H and O–H groups in total. The summed E-state index contributed by atoms with van der Waals surface area (Å²) in [4.78, 5) is 0. The average Bonchev–Trinajstić information content (AvgIpc) is 2.04. The first-order valence-corrected chi connectivity index (χ1v) is 5.31. The summed E-state index contributed by atoms with van der Waals surface area (Å²) < 4.78 is 37.6. The Hall–Kier alpha value is -0.810. The quantitative estimate of drug-likeness (QED) is 0.620. The molecule has 2 atom stereocenters. The van der Waals surface area contributed by atoms with Crippen molar-refractivity contribution in [2.75, 3.05) is 0 Å². The van der Waals surface area contributed by atoms with Gasteiger partial charge in [0.05, 0.1) is 0 Å². The Kier molecular flexibility index (Phi) is 3.98. The molecule has 0 heterocycles. The second kappa shape index (κ2) is 5.04. The van der Waals surface area contributed by atoms with Crippen molar-refractivity contribution in [3.05, 3.63) is 30.3 Å². The summed E-state index contributed by atoms with van der Waals surface area (Å²) in [6, 6.07) is 8.21. The van der Waals surface area contributed by atoms with Gasteiger partial charge in [-0.05, 0) is 12.1 Å². The highest BCUT2D eigenvalue weighted by atomic mass is 32.2. The van der Waals surface area contributed by atoms with Crippen LogP contribution in [0.15, 0.2) is 30.3 Å². The largest absolute Gasteiger partial charge is 0.767 e. The van der Waals surface area contributed by atoms with Crippen LogP contribution in [0, 0.1) is 0 Å². The van der Waals surface area contributed by atoms with Crippen molar-refractivity contribution in [3.8, 4) is 5.75 Å². The van der Waals surface area contributed by atoms with E-state index in [9.17, 15) is 8.77 Å². The van der Waals surface area contributed by atoms with E-state index in [1.165, 1.54) is 0 Å². The predicted molar refractivity (Wildman–Crippen MR) is 46.5 cm³/mol. The normalized spacial score (nSPS) is 13.5. The SMILES string of the molecule is O=[P+](Oc1ccccc1)OS(=O)O. The van der Waals surface area contributed by atoms with E-state index >= 15 is 0 Å². The van der Waals surface area contributed by atoms with E-state index in [4.69, 9.17) is 4.55 Å². The second-order valence-corrected chi connectivity index (χ2v) is 3.58. The molecule has 7 heteroatoms. The highest BCUT2D eigenvalue weighted by Crippen LogP contribution is 2.27. The van der Waals surface area contributed by atoms with Crippen LogP contribution >= 0.6 is 8.25 Å². The maximum Gasteiger partial charge on any atom is 0.767 e. The van der Waals surface area contributed by atoms with Crippen molar-refractivity contribution < 1.29 is 21.8 Å². The molecule has 5 nitrogen and oxygen atoms in total. The van der Waals surface area contributed by atoms with Gasteiger partial charge in [0.1, 0.15) is 0 Å². The Balaban J connectivity index is 2.50. The van der Waals surface area contributed by atoms with E-state index in [1.807, 2.05) is 0 Å². The highest BCUT2D eigenvalue weighted by molar-refractivity contribution is 7.78. The van der Waals surface area contributed by atoms with Gasteiger partial charge in [0.2, 0.25) is 0 Å². The summed E-state index contributed by atoms with van der Waals surface area (Å²) in [5, 5.41) is 0. The summed E-state index contributed by atoms with van der Waals surface area (Å²) in [6.07, 6.45) is 0. The average molecular weight is 221 g/mol. The van der Waals surface area contributed by atoms with Gasteiger partial charge in [-0.3, -0.25) is 4.55 Å². The zero-order chi connectivity index (χ0) is 9.68. The number of hydrogen-bond acceptors (Lipinski definition) is 4. The molecule has 13 heavy (non-hydrogen) atoms. The fourth-order valence-electron chi connectivity index (χ4n) is 0.635. The Labute approximate surface area is 78.1 Å². The van der Waals surface area contributed by atoms with Crippen molar-refractivity contribution >= 4 is 19.6 Å². The summed E-state index contributed by atoms with van der Waals surface area (Å²) >= 11 is -2.58. The van der Waals surface area contributed by atoms with Crippen LogP contribution in [-0.2, 0) is 19.9 Å². The van der Waals surface area contributed by atoms with Crippen LogP contribution in [0.2, 0.25) is 0 Å². The van der Waals surface area contributed by atoms with E-state index < -0.39 is 19.6 Å². The van der Waals surface area contributed by atoms with Crippen LogP contribution in [0.4, 0.5) is 0 Å². The van der Waals surface area contributed by atoms with Crippen molar-refractivity contribution in [2.24, 2.45) is 0 Å². The molecule has 0 spiro atoms. The molecular weight excluding hydrogens is 215 g/mol. The van der Waals surface area contributed by atoms with Gasteiger partial charge in [-0.1, -0.05) is 18.2 Å². The Morgan fingerprint density at radius 2 is 1.92 bits per heavy atom. The van der Waals surface area contributed by atoms with Crippen LogP contribution < -0.4 is 4.52 Å². The molecule has 0 saturated carbocycles. The molecule has 1 aromatic carbocycles. The molecule has 1 rings (SSSR count). The highest BCUT2D eigenvalue weighted by Gasteiger charge is 2.26. The minimum atomic E-state index is -2.60. The molecule has 0 amide bonds. The van der Waals surface area contributed by atoms with Crippen LogP contribution in [0.25, 0.3) is 0 Å². The Bertz CT molecular complexity index is 314. The molecule has 0 aliphatic rings. The Morgan fingerprint density at radius 1 is 1.31 bits per heavy atom. The first-order valence-electron chi connectivity index (χ1n) is 3.18. The zero-order valence-corrected chi connectivity index (χ0v) is 8.03. The summed E-state index contributed by atoms with van der Waals surface area (Å²) in [5.41, 5.74) is 0. The zero-order valence-electron chi connectivity index (χ0n) is 6.32. The fourth-order valence-corrected chi connectivity index (χ4v) is 1.47. The molecular formula is C6H6O5PS+. The third-order valence-electron chi connectivity index (χ3n) is 1.05. The van der Waals surface area contributed by atoms with Crippen molar-refractivity contribution in [1.82, 2.24) is 0 Å². The van der Waals surface area contributed by atoms with Gasteiger partial charge in [0.15, 0.2) is 5.75 Å². The summed E-state index contributed by atoms with van der Waals surface area (Å²) in [7, 11) is -2.60. The molecule has 0 bridgehead atoms. The van der Waals surface area contributed by atoms with Gasteiger partial charge in [-0.2, -0.15) is 4.21 Å². The predicted octanol–water partition coefficient (Wildman–Crippen LogP) is 1.88. The van der Waals surface area contributed by atoms with Gasteiger partial charge in [-0.25, -0.2) is 4.52 Å². The van der Waals surface area contributed by atoms with Crippen LogP contribution in [-0.4, -0.2) is 8.76 Å². The lowest BCUT2D eigenvalue weighted by molar-refractivity contribution is 0.399. The first-order chi connectivity index (χ1) is 6.18. The van der Waals surface area contributed by atoms with E-state index in [0.29, 0.717) is 5.75 Å². The van der Waals surface area contributed by atoms with Gasteiger partial charge < -0.3 is 0 Å². The third kappa shape index (κ3) is 4.10. The first kappa shape index (κ1) is 10.3. The minimum absolute atomic E-state index is 0.314. The van der Waals surface area contributed by atoms with Crippen molar-refractivity contribution in [3.63, 3.8) is 0 Å². The van der Waals surface area contributed by atoms with E-state index in [2.05, 4.69) is 8.49 Å². The van der Waals surface area contributed by atoms with Crippen LogP contribution in [0.1, 0.15) is 0 Å². The second-order valence-electron chi connectivity index (χ2n) is 1.92. The number of benzene rings is 1. The van der Waals surface area contributed by atoms with Crippen LogP contribution in [0.5, 0.6) is 5.75 Å². The molecule has 0 aliphatic carbocycles. The summed E-state index contributed by atoms with van der Waals surface area (Å²) in [6.45, 7) is 0. The minimum Gasteiger partial charge on any atom is -0.281 e. The molecule has 2 unspecified atom stereocenters. The molecule has 70 valence electrons. The fraction of sp³-hybridized carbons (Fsp3) is 0. The third-order valence-corrected chi connectivity index (χ3v) is 2.40. The molecule has 0 saturated heterocycles. The summed E-state index contributed by atoms with van der Waals surface area (Å²) in [5.74, 6) is 0.314. The van der Waals surface area contributed by atoms with Gasteiger partial charge >= 0.3 is 19.6 Å². The van der Waals surface area contributed by atoms with Crippen molar-refractivity contribution in [1.29, 1.82) is 0 Å². The molecule has 0 radical (unpaired) electrons. The smallest absolute Gasteiger partial charge is 0.281 e. The van der Waals surface area contributed by atoms with E-state index in [-0.39, 0.29) is 0 Å². The maximum absolute atomic E-state index is 10.8. The van der Waals surface area contributed by atoms with Crippen LogP contribution in [0.3, 0.4) is 0 Å². The molecule has 1 aromatic rings. The monoisotopic (exact) mass is 221 g/mol. The Morgan fingerprint density at radius 3 is 2.46 bits per heavy atom. The standard InChI is InChI=1S/C6H5O5PS/c7-12(11-13(8)9)10-6-4-2-1-3-5-6/h1-5H/p+1. The topological polar surface area (TPSA) is 72.8 Å². The maximum atomic E-state index is 10.8. The lowest BCUT2D eigenvalue weighted by Crippen LogP contribution is -1.89. The van der Waals surface area contributed by atoms with Gasteiger partial charge in [-0.15, -0.1) is 0 Å². The van der Waals surface area contributed by atoms with Crippen molar-refractivity contribution in [2.45, 2.75) is 0 Å². The van der Waals surface area contributed by atoms with E-state index in [1.54, 1.807) is 30.3 Å². The lowest BCUT2D eigenvalue weighted by Gasteiger charge is -1.88. The molecule has 0 aromatic heterocycles. The number of hydrogen-bond donors (Lipinski definition) is 1.